The van der Waals surface area contributed by atoms with Crippen LogP contribution in [0, 0.1) is 24.2 Å². The molecular weight excluding hydrogens is 402 g/mol. The molecular formula is C23H23N9. The third-order valence-electron chi connectivity index (χ3n) is 6.53. The van der Waals surface area contributed by atoms with Gasteiger partial charge in [-0.15, -0.1) is 0 Å². The van der Waals surface area contributed by atoms with Crippen LogP contribution in [0.2, 0.25) is 0 Å². The highest BCUT2D eigenvalue weighted by molar-refractivity contribution is 6.21. The minimum Gasteiger partial charge on any atom is -0.321 e. The van der Waals surface area contributed by atoms with Gasteiger partial charge in [-0.2, -0.15) is 5.10 Å². The van der Waals surface area contributed by atoms with Crippen molar-refractivity contribution in [3.63, 3.8) is 0 Å². The summed E-state index contributed by atoms with van der Waals surface area (Å²) in [4.78, 5) is 26.2. The van der Waals surface area contributed by atoms with E-state index < -0.39 is 5.41 Å². The Kier molecular flexibility index (Phi) is 4.01. The molecule has 3 aliphatic rings. The molecule has 0 radical (unpaired) electrons. The van der Waals surface area contributed by atoms with Gasteiger partial charge in [-0.05, 0) is 37.8 Å². The van der Waals surface area contributed by atoms with Crippen molar-refractivity contribution in [3.8, 4) is 5.69 Å². The van der Waals surface area contributed by atoms with Crippen molar-refractivity contribution in [2.24, 2.45) is 32.3 Å². The van der Waals surface area contributed by atoms with Gasteiger partial charge in [0.25, 0.3) is 0 Å². The fourth-order valence-corrected chi connectivity index (χ4v) is 4.71. The van der Waals surface area contributed by atoms with Crippen LogP contribution in [0.4, 0.5) is 0 Å². The van der Waals surface area contributed by atoms with Gasteiger partial charge in [0.2, 0.25) is 0 Å². The maximum absolute atomic E-state index is 4.92. The number of nitrogens with zero attached hydrogens (tertiary/aromatic N) is 7. The predicted octanol–water partition coefficient (Wildman–Crippen LogP) is 3.30. The van der Waals surface area contributed by atoms with E-state index in [9.17, 15) is 0 Å². The third-order valence-corrected chi connectivity index (χ3v) is 6.53. The number of fused-ring (bicyclic) bond motifs is 2. The average molecular weight is 426 g/mol. The second-order valence-corrected chi connectivity index (χ2v) is 8.82. The van der Waals surface area contributed by atoms with Crippen LogP contribution in [0.15, 0.2) is 63.9 Å². The molecule has 0 spiro atoms. The van der Waals surface area contributed by atoms with Gasteiger partial charge in [-0.1, -0.05) is 13.0 Å². The van der Waals surface area contributed by atoms with E-state index in [4.69, 9.17) is 9.98 Å². The monoisotopic (exact) mass is 425 g/mol. The van der Waals surface area contributed by atoms with E-state index in [1.54, 1.807) is 12.5 Å². The average Bonchev–Trinajstić information content (AvgIpc) is 3.49. The molecule has 3 aliphatic heterocycles. The Labute approximate surface area is 184 Å². The number of hydrogen-bond acceptors (Lipinski definition) is 7. The lowest BCUT2D eigenvalue weighted by atomic mass is 9.72. The minimum atomic E-state index is -0.404. The molecule has 3 atom stereocenters. The molecule has 3 aromatic heterocycles. The van der Waals surface area contributed by atoms with Crippen LogP contribution in [0.1, 0.15) is 31.8 Å². The number of H-pyrrole nitrogens is 1. The van der Waals surface area contributed by atoms with E-state index in [2.05, 4.69) is 50.4 Å². The standard InChI is InChI=1S/C23H23N9/c1-13-4-6-24-10-16(13)15-8-23(3)19(30-31-22(23)26-9-15)21-28-18-17(5-7-25-20(18)29-21)32-11-14(2)27-12-32/h4-7,9-13,16H,8H2,1-3H3,(H,26,31)(H,25,28,29)/t13-,16?,23?/m0/s1. The van der Waals surface area contributed by atoms with E-state index in [0.29, 0.717) is 17.4 Å². The summed E-state index contributed by atoms with van der Waals surface area (Å²) >= 11 is 0. The fourth-order valence-electron chi connectivity index (χ4n) is 4.71. The molecule has 0 fully saturated rings. The highest BCUT2D eigenvalue weighted by Crippen LogP contribution is 2.41. The third kappa shape index (κ3) is 2.77. The lowest BCUT2D eigenvalue weighted by Gasteiger charge is -2.32. The van der Waals surface area contributed by atoms with Crippen molar-refractivity contribution in [2.45, 2.75) is 27.2 Å². The Morgan fingerprint density at radius 2 is 2.16 bits per heavy atom. The number of aryl methyl sites for hydroxylation is 1. The van der Waals surface area contributed by atoms with Crippen LogP contribution in [0.3, 0.4) is 0 Å². The Balaban J connectivity index is 1.38. The van der Waals surface area contributed by atoms with E-state index in [0.717, 1.165) is 34.9 Å². The SMILES string of the molecule is Cc1cn(-c2ccnc3[nH]c(C4=NNC5=NC=C(C6C=NC=C[C@@H]6C)CC54C)nc23)cn1. The number of amidine groups is 1. The number of rotatable bonds is 3. The van der Waals surface area contributed by atoms with Crippen LogP contribution in [0.5, 0.6) is 0 Å². The maximum Gasteiger partial charge on any atom is 0.159 e. The number of pyridine rings is 1. The first-order valence-electron chi connectivity index (χ1n) is 10.7. The van der Waals surface area contributed by atoms with Crippen LogP contribution in [-0.2, 0) is 0 Å². The summed E-state index contributed by atoms with van der Waals surface area (Å²) < 4.78 is 1.96. The lowest BCUT2D eigenvalue weighted by molar-refractivity contribution is 0.530. The van der Waals surface area contributed by atoms with Crippen LogP contribution in [0.25, 0.3) is 16.9 Å². The second-order valence-electron chi connectivity index (χ2n) is 8.82. The Morgan fingerprint density at radius 1 is 1.25 bits per heavy atom. The van der Waals surface area contributed by atoms with E-state index in [1.807, 2.05) is 42.4 Å². The summed E-state index contributed by atoms with van der Waals surface area (Å²) in [5, 5.41) is 4.64. The first kappa shape index (κ1) is 18.9. The molecule has 2 N–H and O–H groups in total. The number of aromatic nitrogens is 5. The smallest absolute Gasteiger partial charge is 0.159 e. The molecule has 9 nitrogen and oxygen atoms in total. The number of hydrogen-bond donors (Lipinski definition) is 2. The number of aliphatic imine (C=N–C) groups is 2. The molecule has 0 saturated carbocycles. The first-order chi connectivity index (χ1) is 15.5. The van der Waals surface area contributed by atoms with Crippen molar-refractivity contribution in [2.75, 3.05) is 0 Å². The summed E-state index contributed by atoms with van der Waals surface area (Å²) in [6.07, 6.45) is 14.3. The summed E-state index contributed by atoms with van der Waals surface area (Å²) in [6.45, 7) is 6.34. The molecule has 2 unspecified atom stereocenters. The van der Waals surface area contributed by atoms with Gasteiger partial charge in [0, 0.05) is 36.9 Å². The van der Waals surface area contributed by atoms with Gasteiger partial charge in [0.05, 0.1) is 23.1 Å². The normalized spacial score (nSPS) is 26.5. The van der Waals surface area contributed by atoms with E-state index in [1.165, 1.54) is 5.57 Å². The number of nitrogens with one attached hydrogen (secondary N) is 2. The Morgan fingerprint density at radius 3 is 2.97 bits per heavy atom. The molecule has 0 amide bonds. The van der Waals surface area contributed by atoms with Gasteiger partial charge in [-0.25, -0.2) is 19.9 Å². The fraction of sp³-hybridized carbons (Fsp3) is 0.304. The van der Waals surface area contributed by atoms with Crippen molar-refractivity contribution in [3.05, 3.63) is 60.4 Å². The number of imidazole rings is 2. The van der Waals surface area contributed by atoms with Crippen LogP contribution in [-0.4, -0.2) is 42.3 Å². The molecule has 6 heterocycles. The first-order valence-corrected chi connectivity index (χ1v) is 10.7. The summed E-state index contributed by atoms with van der Waals surface area (Å²) in [5.41, 5.74) is 8.17. The minimum absolute atomic E-state index is 0.234. The molecule has 0 bridgehead atoms. The van der Waals surface area contributed by atoms with E-state index in [-0.39, 0.29) is 5.92 Å². The molecule has 0 saturated heterocycles. The molecule has 0 aromatic carbocycles. The van der Waals surface area contributed by atoms with E-state index >= 15 is 0 Å². The van der Waals surface area contributed by atoms with Crippen molar-refractivity contribution in [1.29, 1.82) is 0 Å². The zero-order valence-corrected chi connectivity index (χ0v) is 18.1. The predicted molar refractivity (Wildman–Crippen MR) is 124 cm³/mol. The Bertz CT molecular complexity index is 1380. The lowest BCUT2D eigenvalue weighted by Crippen LogP contribution is -2.39. The molecule has 6 rings (SSSR count). The van der Waals surface area contributed by atoms with Gasteiger partial charge < -0.3 is 9.55 Å². The largest absolute Gasteiger partial charge is 0.321 e. The van der Waals surface area contributed by atoms with Gasteiger partial charge in [-0.3, -0.25) is 10.4 Å². The highest BCUT2D eigenvalue weighted by Gasteiger charge is 2.46. The van der Waals surface area contributed by atoms with Crippen molar-refractivity contribution >= 4 is 28.9 Å². The number of hydrazone groups is 1. The number of aromatic amines is 1. The van der Waals surface area contributed by atoms with Gasteiger partial charge in [0.15, 0.2) is 11.5 Å². The molecule has 0 aliphatic carbocycles. The van der Waals surface area contributed by atoms with Crippen LogP contribution < -0.4 is 5.43 Å². The molecule has 9 heteroatoms. The zero-order valence-electron chi connectivity index (χ0n) is 18.1. The maximum atomic E-state index is 4.92. The second kappa shape index (κ2) is 6.81. The summed E-state index contributed by atoms with van der Waals surface area (Å²) in [5.74, 6) is 2.15. The van der Waals surface area contributed by atoms with Crippen molar-refractivity contribution < 1.29 is 0 Å². The summed E-state index contributed by atoms with van der Waals surface area (Å²) in [6, 6.07) is 1.94. The molecule has 32 heavy (non-hydrogen) atoms. The van der Waals surface area contributed by atoms with Gasteiger partial charge in [0.1, 0.15) is 17.1 Å². The Hall–Kier alpha value is -3.88. The zero-order chi connectivity index (χ0) is 21.9. The van der Waals surface area contributed by atoms with Crippen molar-refractivity contribution in [1.82, 2.24) is 29.9 Å². The summed E-state index contributed by atoms with van der Waals surface area (Å²) in [7, 11) is 0. The topological polar surface area (TPSA) is 108 Å². The van der Waals surface area contributed by atoms with Crippen LogP contribution >= 0.6 is 0 Å². The molecule has 3 aromatic rings. The quantitative estimate of drug-likeness (QED) is 0.671. The number of allylic oxidation sites excluding steroid dienone is 2. The van der Waals surface area contributed by atoms with Gasteiger partial charge >= 0.3 is 0 Å². The highest BCUT2D eigenvalue weighted by atomic mass is 15.4. The molecule has 160 valence electrons.